The number of nitrogens with zero attached hydrogens (tertiary/aromatic N) is 4. The molecule has 222 valence electrons. The van der Waals surface area contributed by atoms with Gasteiger partial charge in [-0.2, -0.15) is 0 Å². The van der Waals surface area contributed by atoms with E-state index in [4.69, 9.17) is 33.5 Å². The van der Waals surface area contributed by atoms with E-state index >= 15 is 0 Å². The number of hydrogen-bond donors (Lipinski definition) is 1. The molecule has 1 N–H and O–H groups in total. The Balaban J connectivity index is 1.39. The van der Waals surface area contributed by atoms with Crippen LogP contribution in [0.4, 0.5) is 11.4 Å². The highest BCUT2D eigenvalue weighted by Crippen LogP contribution is 2.45. The molecular formula is C33H28ClN5O3S2. The molecule has 0 unspecified atom stereocenters. The van der Waals surface area contributed by atoms with Gasteiger partial charge < -0.3 is 19.5 Å². The normalized spacial score (nSPS) is 16.2. The Morgan fingerprint density at radius 1 is 1.00 bits per heavy atom. The van der Waals surface area contributed by atoms with Crippen molar-refractivity contribution in [1.82, 2.24) is 14.9 Å². The van der Waals surface area contributed by atoms with Crippen molar-refractivity contribution in [2.24, 2.45) is 0 Å². The van der Waals surface area contributed by atoms with Gasteiger partial charge in [-0.25, -0.2) is 0 Å². The first-order valence-corrected chi connectivity index (χ1v) is 15.4. The van der Waals surface area contributed by atoms with Gasteiger partial charge in [-0.3, -0.25) is 15.1 Å². The summed E-state index contributed by atoms with van der Waals surface area (Å²) in [6.07, 6.45) is 1.80. The molecule has 0 radical (unpaired) electrons. The number of halogens is 1. The van der Waals surface area contributed by atoms with E-state index in [9.17, 15) is 10.1 Å². The lowest BCUT2D eigenvalue weighted by Gasteiger charge is -2.28. The third-order valence-electron chi connectivity index (χ3n) is 7.67. The molecule has 0 bridgehead atoms. The molecule has 5 aromatic rings. The van der Waals surface area contributed by atoms with Gasteiger partial charge in [0.25, 0.3) is 5.69 Å². The van der Waals surface area contributed by atoms with E-state index in [0.29, 0.717) is 10.1 Å². The lowest BCUT2D eigenvalue weighted by molar-refractivity contribution is -0.384. The first kappa shape index (κ1) is 29.7. The molecule has 6 rings (SSSR count). The van der Waals surface area contributed by atoms with E-state index in [1.807, 2.05) is 48.5 Å². The standard InChI is InChI=1S/C33H28ClN5O3S2/c1-20-18-27(21(2)37(20)29-19-22(34)7-16-30(29)42-3)32-31(28-6-4-5-17-35-28)36-33(43)38(32)23-8-12-25(13-9-23)44-26-14-10-24(11-15-26)39(40)41/h4-19,31-32H,1-3H3,(H,36,43)/t31-,32-/m0/s1. The SMILES string of the molecule is COc1ccc(Cl)cc1-n1c(C)cc([C@H]2[C@H](c3ccccn3)NC(=S)N2c2ccc(Sc3ccc([N+](=O)[O-])cc3)cc2)c1C. The fraction of sp³-hybridized carbons (Fsp3) is 0.152. The molecule has 2 atom stereocenters. The highest BCUT2D eigenvalue weighted by molar-refractivity contribution is 7.99. The van der Waals surface area contributed by atoms with E-state index in [2.05, 4.69) is 46.8 Å². The summed E-state index contributed by atoms with van der Waals surface area (Å²) in [5.74, 6) is 0.724. The lowest BCUT2D eigenvalue weighted by atomic mass is 9.96. The van der Waals surface area contributed by atoms with Gasteiger partial charge in [0.2, 0.25) is 0 Å². The molecule has 11 heteroatoms. The van der Waals surface area contributed by atoms with Crippen LogP contribution in [0.5, 0.6) is 5.75 Å². The van der Waals surface area contributed by atoms with Gasteiger partial charge in [-0.05, 0) is 104 Å². The van der Waals surface area contributed by atoms with Crippen LogP contribution in [0.3, 0.4) is 0 Å². The minimum Gasteiger partial charge on any atom is -0.495 e. The van der Waals surface area contributed by atoms with Crippen molar-refractivity contribution in [2.45, 2.75) is 35.7 Å². The quantitative estimate of drug-likeness (QED) is 0.103. The molecule has 0 amide bonds. The highest BCUT2D eigenvalue weighted by Gasteiger charge is 2.42. The number of methoxy groups -OCH3 is 1. The van der Waals surface area contributed by atoms with Crippen LogP contribution in [0.2, 0.25) is 5.02 Å². The summed E-state index contributed by atoms with van der Waals surface area (Å²) in [5.41, 5.74) is 5.92. The maximum absolute atomic E-state index is 11.0. The molecule has 3 heterocycles. The third-order valence-corrected chi connectivity index (χ3v) is 9.23. The Kier molecular flexibility index (Phi) is 8.31. The van der Waals surface area contributed by atoms with Crippen LogP contribution < -0.4 is 15.0 Å². The number of hydrogen-bond acceptors (Lipinski definition) is 6. The first-order valence-electron chi connectivity index (χ1n) is 13.8. The van der Waals surface area contributed by atoms with Crippen molar-refractivity contribution in [3.05, 3.63) is 135 Å². The Morgan fingerprint density at radius 2 is 1.70 bits per heavy atom. The number of nitrogens with one attached hydrogen (secondary N) is 1. The van der Waals surface area contributed by atoms with Gasteiger partial charge >= 0.3 is 0 Å². The van der Waals surface area contributed by atoms with Crippen molar-refractivity contribution in [2.75, 3.05) is 12.0 Å². The summed E-state index contributed by atoms with van der Waals surface area (Å²) in [6.45, 7) is 4.17. The van der Waals surface area contributed by atoms with Gasteiger partial charge in [0.15, 0.2) is 5.11 Å². The minimum absolute atomic E-state index is 0.0708. The number of nitro groups is 1. The number of aryl methyl sites for hydroxylation is 1. The second-order valence-electron chi connectivity index (χ2n) is 10.3. The summed E-state index contributed by atoms with van der Waals surface area (Å²) in [5, 5.41) is 15.8. The lowest BCUT2D eigenvalue weighted by Crippen LogP contribution is -2.29. The van der Waals surface area contributed by atoms with Crippen molar-refractivity contribution >= 4 is 52.1 Å². The average Bonchev–Trinajstić information content (AvgIpc) is 3.52. The topological polar surface area (TPSA) is 85.5 Å². The van der Waals surface area contributed by atoms with Gasteiger partial charge in [0.1, 0.15) is 5.75 Å². The number of aromatic nitrogens is 2. The second kappa shape index (κ2) is 12.3. The van der Waals surface area contributed by atoms with E-state index < -0.39 is 4.92 Å². The van der Waals surface area contributed by atoms with E-state index in [1.165, 1.54) is 23.9 Å². The molecule has 0 aliphatic carbocycles. The van der Waals surface area contributed by atoms with Crippen molar-refractivity contribution < 1.29 is 9.66 Å². The molecule has 3 aromatic carbocycles. The highest BCUT2D eigenvalue weighted by atomic mass is 35.5. The molecule has 1 aliphatic rings. The number of thiocarbonyl (C=S) groups is 1. The van der Waals surface area contributed by atoms with Crippen LogP contribution in [-0.4, -0.2) is 26.7 Å². The van der Waals surface area contributed by atoms with Crippen LogP contribution in [0.15, 0.2) is 107 Å². The Bertz CT molecular complexity index is 1850. The average molecular weight is 642 g/mol. The van der Waals surface area contributed by atoms with Gasteiger partial charge in [-0.1, -0.05) is 29.4 Å². The van der Waals surface area contributed by atoms with Crippen molar-refractivity contribution in [3.8, 4) is 11.4 Å². The third kappa shape index (κ3) is 5.63. The van der Waals surface area contributed by atoms with Crippen LogP contribution in [-0.2, 0) is 0 Å². The Hall–Kier alpha value is -4.38. The summed E-state index contributed by atoms with van der Waals surface area (Å²) >= 11 is 13.9. The maximum Gasteiger partial charge on any atom is 0.269 e. The van der Waals surface area contributed by atoms with E-state index in [-0.39, 0.29) is 17.8 Å². The van der Waals surface area contributed by atoms with Crippen LogP contribution in [0.1, 0.15) is 34.7 Å². The number of pyridine rings is 1. The molecule has 44 heavy (non-hydrogen) atoms. The molecule has 8 nitrogen and oxygen atoms in total. The zero-order valence-corrected chi connectivity index (χ0v) is 26.5. The second-order valence-corrected chi connectivity index (χ2v) is 12.3. The molecule has 0 spiro atoms. The summed E-state index contributed by atoms with van der Waals surface area (Å²) in [6, 6.07) is 28.0. The Morgan fingerprint density at radius 3 is 2.34 bits per heavy atom. The predicted molar refractivity (Wildman–Crippen MR) is 178 cm³/mol. The van der Waals surface area contributed by atoms with Gasteiger partial charge in [-0.15, -0.1) is 0 Å². The van der Waals surface area contributed by atoms with Gasteiger partial charge in [0.05, 0.1) is 35.5 Å². The molecule has 1 fully saturated rings. The fourth-order valence-electron chi connectivity index (χ4n) is 5.69. The van der Waals surface area contributed by atoms with Crippen molar-refractivity contribution in [3.63, 3.8) is 0 Å². The largest absolute Gasteiger partial charge is 0.495 e. The predicted octanol–water partition coefficient (Wildman–Crippen LogP) is 8.39. The van der Waals surface area contributed by atoms with Crippen LogP contribution in [0.25, 0.3) is 5.69 Å². The molecule has 2 aromatic heterocycles. The zero-order chi connectivity index (χ0) is 31.0. The number of nitro benzene ring substituents is 1. The first-order chi connectivity index (χ1) is 21.2. The zero-order valence-electron chi connectivity index (χ0n) is 24.1. The van der Waals surface area contributed by atoms with Crippen molar-refractivity contribution in [1.29, 1.82) is 0 Å². The van der Waals surface area contributed by atoms with Crippen LogP contribution in [0, 0.1) is 24.0 Å². The smallest absolute Gasteiger partial charge is 0.269 e. The number of non-ortho nitro benzene ring substituents is 1. The van der Waals surface area contributed by atoms with E-state index in [1.54, 1.807) is 25.4 Å². The number of ether oxygens (including phenoxy) is 1. The molecule has 1 aliphatic heterocycles. The van der Waals surface area contributed by atoms with E-state index in [0.717, 1.165) is 49.6 Å². The molecule has 1 saturated heterocycles. The molecule has 0 saturated carbocycles. The molecular weight excluding hydrogens is 614 g/mol. The summed E-state index contributed by atoms with van der Waals surface area (Å²) < 4.78 is 7.87. The Labute approximate surface area is 269 Å². The summed E-state index contributed by atoms with van der Waals surface area (Å²) in [4.78, 5) is 19.4. The summed E-state index contributed by atoms with van der Waals surface area (Å²) in [7, 11) is 1.66. The van der Waals surface area contributed by atoms with Crippen LogP contribution >= 0.6 is 35.6 Å². The number of benzene rings is 3. The minimum atomic E-state index is -0.395. The monoisotopic (exact) mass is 641 g/mol. The fourth-order valence-corrected chi connectivity index (χ4v) is 7.02. The maximum atomic E-state index is 11.0. The number of rotatable bonds is 8. The number of anilines is 1. The van der Waals surface area contributed by atoms with Gasteiger partial charge in [0, 0.05) is 50.2 Å².